The Labute approximate surface area is 147 Å². The summed E-state index contributed by atoms with van der Waals surface area (Å²) in [5.41, 5.74) is 1.47. The van der Waals surface area contributed by atoms with E-state index in [1.807, 2.05) is 35.2 Å². The minimum absolute atomic E-state index is 0.00568. The number of aromatic hydroxyl groups is 1. The third kappa shape index (κ3) is 4.18. The van der Waals surface area contributed by atoms with E-state index in [0.29, 0.717) is 38.2 Å². The van der Waals surface area contributed by atoms with Crippen molar-refractivity contribution in [3.8, 4) is 5.75 Å². The summed E-state index contributed by atoms with van der Waals surface area (Å²) in [7, 11) is 0. The summed E-state index contributed by atoms with van der Waals surface area (Å²) in [6.07, 6.45) is 1.22. The molecular weight excluding hydrogens is 316 g/mol. The van der Waals surface area contributed by atoms with Gasteiger partial charge in [0, 0.05) is 32.6 Å². The number of piperazine rings is 1. The van der Waals surface area contributed by atoms with Crippen LogP contribution < -0.4 is 0 Å². The third-order valence-corrected chi connectivity index (χ3v) is 4.52. The highest BCUT2D eigenvalue weighted by Gasteiger charge is 2.25. The fourth-order valence-electron chi connectivity index (χ4n) is 3.04. The average molecular weight is 338 g/mol. The molecule has 2 amide bonds. The molecule has 25 heavy (non-hydrogen) atoms. The predicted octanol–water partition coefficient (Wildman–Crippen LogP) is 2.31. The number of aryl methyl sites for hydroxylation is 1. The minimum Gasteiger partial charge on any atom is -0.507 e. The second-order valence-corrected chi connectivity index (χ2v) is 6.18. The zero-order valence-corrected chi connectivity index (χ0v) is 14.1. The van der Waals surface area contributed by atoms with Crippen LogP contribution in [0.3, 0.4) is 0 Å². The normalized spacial score (nSPS) is 14.4. The lowest BCUT2D eigenvalue weighted by atomic mass is 10.1. The Balaban J connectivity index is 1.50. The van der Waals surface area contributed by atoms with E-state index in [9.17, 15) is 14.7 Å². The quantitative estimate of drug-likeness (QED) is 0.931. The minimum atomic E-state index is -0.186. The molecule has 0 saturated carbocycles. The van der Waals surface area contributed by atoms with Crippen molar-refractivity contribution in [1.82, 2.24) is 9.80 Å². The number of phenols is 1. The maximum absolute atomic E-state index is 12.5. The summed E-state index contributed by atoms with van der Waals surface area (Å²) < 4.78 is 0. The SMILES string of the molecule is O=C(CCc1ccccc1)N1CCN(C(=O)c2ccccc2O)CC1. The first-order chi connectivity index (χ1) is 12.1. The van der Waals surface area contributed by atoms with Gasteiger partial charge in [0.25, 0.3) is 5.91 Å². The van der Waals surface area contributed by atoms with Crippen molar-refractivity contribution in [3.05, 3.63) is 65.7 Å². The highest BCUT2D eigenvalue weighted by atomic mass is 16.3. The second-order valence-electron chi connectivity index (χ2n) is 6.18. The van der Waals surface area contributed by atoms with Gasteiger partial charge < -0.3 is 14.9 Å². The molecule has 130 valence electrons. The van der Waals surface area contributed by atoms with Gasteiger partial charge in [-0.2, -0.15) is 0 Å². The van der Waals surface area contributed by atoms with Gasteiger partial charge in [0.2, 0.25) is 5.91 Å². The van der Waals surface area contributed by atoms with E-state index in [0.717, 1.165) is 12.0 Å². The first-order valence-electron chi connectivity index (χ1n) is 8.54. The van der Waals surface area contributed by atoms with E-state index in [1.54, 1.807) is 23.1 Å². The summed E-state index contributed by atoms with van der Waals surface area (Å²) in [5.74, 6) is -0.0677. The average Bonchev–Trinajstić information content (AvgIpc) is 2.67. The van der Waals surface area contributed by atoms with Crippen molar-refractivity contribution in [2.24, 2.45) is 0 Å². The van der Waals surface area contributed by atoms with Gasteiger partial charge >= 0.3 is 0 Å². The largest absolute Gasteiger partial charge is 0.507 e. The molecule has 2 aromatic rings. The van der Waals surface area contributed by atoms with Crippen LogP contribution in [0.2, 0.25) is 0 Å². The van der Waals surface area contributed by atoms with Gasteiger partial charge in [0.15, 0.2) is 0 Å². The number of carbonyl (C=O) groups excluding carboxylic acids is 2. The first kappa shape index (κ1) is 17.0. The van der Waals surface area contributed by atoms with E-state index in [-0.39, 0.29) is 17.6 Å². The van der Waals surface area contributed by atoms with Crippen molar-refractivity contribution in [2.75, 3.05) is 26.2 Å². The van der Waals surface area contributed by atoms with Gasteiger partial charge in [-0.25, -0.2) is 0 Å². The standard InChI is InChI=1S/C20H22N2O3/c23-18-9-5-4-8-17(18)20(25)22-14-12-21(13-15-22)19(24)11-10-16-6-2-1-3-7-16/h1-9,23H,10-15H2. The van der Waals surface area contributed by atoms with E-state index in [2.05, 4.69) is 0 Å². The first-order valence-corrected chi connectivity index (χ1v) is 8.54. The number of amides is 2. The summed E-state index contributed by atoms with van der Waals surface area (Å²) >= 11 is 0. The fourth-order valence-corrected chi connectivity index (χ4v) is 3.04. The molecule has 5 nitrogen and oxygen atoms in total. The monoisotopic (exact) mass is 338 g/mol. The number of carbonyl (C=O) groups is 2. The lowest BCUT2D eigenvalue weighted by molar-refractivity contribution is -0.132. The predicted molar refractivity (Wildman–Crippen MR) is 95.4 cm³/mol. The van der Waals surface area contributed by atoms with E-state index < -0.39 is 0 Å². The highest BCUT2D eigenvalue weighted by Crippen LogP contribution is 2.19. The number of rotatable bonds is 4. The molecule has 1 aliphatic heterocycles. The molecule has 0 unspecified atom stereocenters. The Bertz CT molecular complexity index is 738. The molecule has 1 heterocycles. The smallest absolute Gasteiger partial charge is 0.257 e. The van der Waals surface area contributed by atoms with Crippen LogP contribution in [0.1, 0.15) is 22.3 Å². The van der Waals surface area contributed by atoms with Crippen LogP contribution in [-0.4, -0.2) is 52.9 Å². The van der Waals surface area contributed by atoms with E-state index in [1.165, 1.54) is 6.07 Å². The van der Waals surface area contributed by atoms with Crippen LogP contribution in [0.5, 0.6) is 5.75 Å². The van der Waals surface area contributed by atoms with Crippen molar-refractivity contribution in [1.29, 1.82) is 0 Å². The Morgan fingerprint density at radius 1 is 0.840 bits per heavy atom. The molecule has 0 aliphatic carbocycles. The van der Waals surface area contributed by atoms with Crippen LogP contribution in [0.15, 0.2) is 54.6 Å². The number of para-hydroxylation sites is 1. The number of nitrogens with zero attached hydrogens (tertiary/aromatic N) is 2. The zero-order valence-electron chi connectivity index (χ0n) is 14.1. The molecule has 2 aromatic carbocycles. The molecule has 1 fully saturated rings. The molecule has 0 bridgehead atoms. The molecule has 0 spiro atoms. The summed E-state index contributed by atoms with van der Waals surface area (Å²) in [5, 5.41) is 9.82. The van der Waals surface area contributed by atoms with Crippen molar-refractivity contribution in [3.63, 3.8) is 0 Å². The second kappa shape index (κ2) is 7.83. The van der Waals surface area contributed by atoms with Gasteiger partial charge in [-0.3, -0.25) is 9.59 Å². The van der Waals surface area contributed by atoms with Crippen molar-refractivity contribution >= 4 is 11.8 Å². The van der Waals surface area contributed by atoms with Crippen LogP contribution >= 0.6 is 0 Å². The lowest BCUT2D eigenvalue weighted by Crippen LogP contribution is -2.50. The Morgan fingerprint density at radius 3 is 2.12 bits per heavy atom. The van der Waals surface area contributed by atoms with E-state index in [4.69, 9.17) is 0 Å². The highest BCUT2D eigenvalue weighted by molar-refractivity contribution is 5.97. The van der Waals surface area contributed by atoms with Crippen LogP contribution in [-0.2, 0) is 11.2 Å². The molecule has 1 aliphatic rings. The molecule has 1 N–H and O–H groups in total. The molecular formula is C20H22N2O3. The zero-order chi connectivity index (χ0) is 17.6. The van der Waals surface area contributed by atoms with Gasteiger partial charge in [-0.1, -0.05) is 42.5 Å². The molecule has 0 atom stereocenters. The number of benzene rings is 2. The van der Waals surface area contributed by atoms with Crippen molar-refractivity contribution < 1.29 is 14.7 Å². The summed E-state index contributed by atoms with van der Waals surface area (Å²) in [6, 6.07) is 16.5. The summed E-state index contributed by atoms with van der Waals surface area (Å²) in [4.78, 5) is 28.3. The molecule has 1 saturated heterocycles. The number of hydrogen-bond acceptors (Lipinski definition) is 3. The topological polar surface area (TPSA) is 60.9 Å². The van der Waals surface area contributed by atoms with Crippen LogP contribution in [0.4, 0.5) is 0 Å². The van der Waals surface area contributed by atoms with Gasteiger partial charge in [-0.15, -0.1) is 0 Å². The maximum Gasteiger partial charge on any atom is 0.257 e. The number of phenolic OH excluding ortho intramolecular Hbond substituents is 1. The molecule has 3 rings (SSSR count). The van der Waals surface area contributed by atoms with Crippen LogP contribution in [0, 0.1) is 0 Å². The van der Waals surface area contributed by atoms with E-state index >= 15 is 0 Å². The third-order valence-electron chi connectivity index (χ3n) is 4.52. The summed E-state index contributed by atoms with van der Waals surface area (Å²) in [6.45, 7) is 2.05. The lowest BCUT2D eigenvalue weighted by Gasteiger charge is -2.35. The van der Waals surface area contributed by atoms with Gasteiger partial charge in [0.05, 0.1) is 5.56 Å². The Morgan fingerprint density at radius 2 is 1.44 bits per heavy atom. The maximum atomic E-state index is 12.5. The number of hydrogen-bond donors (Lipinski definition) is 1. The molecule has 0 aromatic heterocycles. The molecule has 0 radical (unpaired) electrons. The van der Waals surface area contributed by atoms with Crippen LogP contribution in [0.25, 0.3) is 0 Å². The van der Waals surface area contributed by atoms with Gasteiger partial charge in [-0.05, 0) is 24.1 Å². The Hall–Kier alpha value is -2.82. The Kier molecular flexibility index (Phi) is 5.33. The molecule has 5 heteroatoms. The fraction of sp³-hybridized carbons (Fsp3) is 0.300. The van der Waals surface area contributed by atoms with Crippen molar-refractivity contribution in [2.45, 2.75) is 12.8 Å². The van der Waals surface area contributed by atoms with Gasteiger partial charge in [0.1, 0.15) is 5.75 Å².